The van der Waals surface area contributed by atoms with Gasteiger partial charge in [0.2, 0.25) is 0 Å². The van der Waals surface area contributed by atoms with Gasteiger partial charge in [-0.2, -0.15) is 0 Å². The first-order chi connectivity index (χ1) is 11.7. The molecule has 0 aromatic heterocycles. The number of carbonyl (C=O) groups is 1. The van der Waals surface area contributed by atoms with Gasteiger partial charge in [0.25, 0.3) is 0 Å². The molecule has 0 radical (unpaired) electrons. The molecule has 2 rings (SSSR count). The maximum atomic E-state index is 12.1. The number of benzene rings is 1. The third kappa shape index (κ3) is 5.11. The number of rotatable bonds is 7. The molecular weight excluding hydrogens is 306 g/mol. The lowest BCUT2D eigenvalue weighted by Gasteiger charge is -2.34. The molecule has 1 aliphatic heterocycles. The number of para-hydroxylation sites is 1. The molecule has 0 aliphatic carbocycles. The van der Waals surface area contributed by atoms with Crippen molar-refractivity contribution in [1.82, 2.24) is 10.2 Å². The number of hydrogen-bond donors (Lipinski definition) is 3. The predicted molar refractivity (Wildman–Crippen MR) is 95.7 cm³/mol. The van der Waals surface area contributed by atoms with Gasteiger partial charge in [-0.1, -0.05) is 18.6 Å². The van der Waals surface area contributed by atoms with E-state index in [1.54, 1.807) is 7.11 Å². The van der Waals surface area contributed by atoms with E-state index >= 15 is 0 Å². The van der Waals surface area contributed by atoms with Gasteiger partial charge in [-0.25, -0.2) is 4.79 Å². The van der Waals surface area contributed by atoms with Crippen LogP contribution >= 0.6 is 0 Å². The fourth-order valence-corrected chi connectivity index (χ4v) is 3.17. The zero-order valence-corrected chi connectivity index (χ0v) is 14.7. The summed E-state index contributed by atoms with van der Waals surface area (Å²) in [6.07, 6.45) is 4.32. The highest BCUT2D eigenvalue weighted by molar-refractivity contribution is 5.91. The largest absolute Gasteiger partial charge is 0.495 e. The second kappa shape index (κ2) is 9.49. The van der Waals surface area contributed by atoms with Crippen molar-refractivity contribution < 1.29 is 14.6 Å². The molecule has 1 aliphatic rings. The Morgan fingerprint density at radius 3 is 3.00 bits per heavy atom. The summed E-state index contributed by atoms with van der Waals surface area (Å²) in [5.41, 5.74) is 1.66. The van der Waals surface area contributed by atoms with E-state index < -0.39 is 0 Å². The van der Waals surface area contributed by atoms with Gasteiger partial charge in [-0.15, -0.1) is 0 Å². The number of ether oxygens (including phenoxy) is 1. The molecule has 0 unspecified atom stereocenters. The molecule has 3 N–H and O–H groups in total. The van der Waals surface area contributed by atoms with E-state index in [2.05, 4.69) is 15.5 Å². The van der Waals surface area contributed by atoms with Gasteiger partial charge < -0.3 is 20.5 Å². The van der Waals surface area contributed by atoms with Gasteiger partial charge in [0.1, 0.15) is 5.75 Å². The Bertz CT molecular complexity index is 536. The molecule has 0 spiro atoms. The van der Waals surface area contributed by atoms with Gasteiger partial charge in [0.15, 0.2) is 0 Å². The minimum atomic E-state index is -0.222. The number of methoxy groups -OCH3 is 1. The SMILES string of the molecule is COc1cccc(C)c1NC(=O)NCCCN1CCCC[C@@H]1CO. The Labute approximate surface area is 144 Å². The molecule has 6 heteroatoms. The van der Waals surface area contributed by atoms with Crippen LogP contribution in [0, 0.1) is 6.92 Å². The molecule has 1 heterocycles. The van der Waals surface area contributed by atoms with E-state index in [0.717, 1.165) is 31.5 Å². The molecule has 1 saturated heterocycles. The van der Waals surface area contributed by atoms with Crippen LogP contribution in [-0.4, -0.2) is 55.4 Å². The van der Waals surface area contributed by atoms with Gasteiger partial charge in [-0.3, -0.25) is 4.90 Å². The van der Waals surface area contributed by atoms with Gasteiger partial charge in [0.05, 0.1) is 19.4 Å². The summed E-state index contributed by atoms with van der Waals surface area (Å²) in [5, 5.41) is 15.2. The number of aliphatic hydroxyl groups excluding tert-OH is 1. The molecule has 1 aromatic carbocycles. The molecule has 2 amide bonds. The summed E-state index contributed by atoms with van der Waals surface area (Å²) in [7, 11) is 1.59. The van der Waals surface area contributed by atoms with Crippen LogP contribution in [0.4, 0.5) is 10.5 Å². The summed E-state index contributed by atoms with van der Waals surface area (Å²) < 4.78 is 5.28. The maximum Gasteiger partial charge on any atom is 0.319 e. The summed E-state index contributed by atoms with van der Waals surface area (Å²) in [4.78, 5) is 14.4. The molecule has 0 saturated carbocycles. The number of aliphatic hydroxyl groups is 1. The highest BCUT2D eigenvalue weighted by Gasteiger charge is 2.20. The van der Waals surface area contributed by atoms with Crippen molar-refractivity contribution >= 4 is 11.7 Å². The number of aryl methyl sites for hydroxylation is 1. The lowest BCUT2D eigenvalue weighted by atomic mass is 10.0. The number of anilines is 1. The molecule has 1 fully saturated rings. The van der Waals surface area contributed by atoms with Crippen LogP contribution < -0.4 is 15.4 Å². The third-order valence-electron chi connectivity index (χ3n) is 4.56. The lowest BCUT2D eigenvalue weighted by Crippen LogP contribution is -2.43. The number of carbonyl (C=O) groups excluding carboxylic acids is 1. The Balaban J connectivity index is 1.74. The average molecular weight is 335 g/mol. The summed E-state index contributed by atoms with van der Waals surface area (Å²) in [6, 6.07) is 5.72. The van der Waals surface area contributed by atoms with E-state index in [-0.39, 0.29) is 18.7 Å². The molecular formula is C18H29N3O3. The van der Waals surface area contributed by atoms with E-state index in [4.69, 9.17) is 4.74 Å². The molecule has 24 heavy (non-hydrogen) atoms. The monoisotopic (exact) mass is 335 g/mol. The Morgan fingerprint density at radius 1 is 1.42 bits per heavy atom. The van der Waals surface area contributed by atoms with Crippen molar-refractivity contribution in [2.45, 2.75) is 38.6 Å². The summed E-state index contributed by atoms with van der Waals surface area (Å²) in [6.45, 7) is 4.70. The average Bonchev–Trinajstić information content (AvgIpc) is 2.60. The third-order valence-corrected chi connectivity index (χ3v) is 4.56. The first-order valence-corrected chi connectivity index (χ1v) is 8.69. The van der Waals surface area contributed by atoms with E-state index in [1.807, 2.05) is 25.1 Å². The molecule has 134 valence electrons. The summed E-state index contributed by atoms with van der Waals surface area (Å²) in [5.74, 6) is 0.657. The summed E-state index contributed by atoms with van der Waals surface area (Å²) >= 11 is 0. The first-order valence-electron chi connectivity index (χ1n) is 8.69. The molecule has 6 nitrogen and oxygen atoms in total. The normalized spacial score (nSPS) is 18.2. The molecule has 0 bridgehead atoms. The van der Waals surface area contributed by atoms with E-state index in [9.17, 15) is 9.90 Å². The smallest absolute Gasteiger partial charge is 0.319 e. The fourth-order valence-electron chi connectivity index (χ4n) is 3.17. The Hall–Kier alpha value is -1.79. The molecule has 1 aromatic rings. The number of likely N-dealkylation sites (tertiary alicyclic amines) is 1. The lowest BCUT2D eigenvalue weighted by molar-refractivity contribution is 0.0894. The zero-order chi connectivity index (χ0) is 17.4. The highest BCUT2D eigenvalue weighted by atomic mass is 16.5. The van der Waals surface area contributed by atoms with Crippen molar-refractivity contribution in [3.63, 3.8) is 0 Å². The second-order valence-corrected chi connectivity index (χ2v) is 6.25. The maximum absolute atomic E-state index is 12.1. The zero-order valence-electron chi connectivity index (χ0n) is 14.7. The number of amides is 2. The van der Waals surface area contributed by atoms with Crippen molar-refractivity contribution in [3.05, 3.63) is 23.8 Å². The number of nitrogens with one attached hydrogen (secondary N) is 2. The van der Waals surface area contributed by atoms with Crippen molar-refractivity contribution in [1.29, 1.82) is 0 Å². The van der Waals surface area contributed by atoms with Crippen molar-refractivity contribution in [2.75, 3.05) is 38.7 Å². The van der Waals surface area contributed by atoms with E-state index in [0.29, 0.717) is 18.0 Å². The van der Waals surface area contributed by atoms with Crippen LogP contribution in [0.1, 0.15) is 31.2 Å². The highest BCUT2D eigenvalue weighted by Crippen LogP contribution is 2.27. The Kier molecular flexibility index (Phi) is 7.34. The van der Waals surface area contributed by atoms with Gasteiger partial charge >= 0.3 is 6.03 Å². The van der Waals surface area contributed by atoms with Crippen LogP contribution in [0.15, 0.2) is 18.2 Å². The first kappa shape index (κ1) is 18.5. The number of urea groups is 1. The topological polar surface area (TPSA) is 73.8 Å². The van der Waals surface area contributed by atoms with Gasteiger partial charge in [-0.05, 0) is 44.4 Å². The minimum Gasteiger partial charge on any atom is -0.495 e. The fraction of sp³-hybridized carbons (Fsp3) is 0.611. The predicted octanol–water partition coefficient (Wildman–Crippen LogP) is 2.36. The Morgan fingerprint density at radius 2 is 2.25 bits per heavy atom. The number of piperidine rings is 1. The number of hydrogen-bond acceptors (Lipinski definition) is 4. The van der Waals surface area contributed by atoms with Crippen LogP contribution in [0.2, 0.25) is 0 Å². The molecule has 1 atom stereocenters. The van der Waals surface area contributed by atoms with E-state index in [1.165, 1.54) is 12.8 Å². The van der Waals surface area contributed by atoms with Crippen LogP contribution in [0.3, 0.4) is 0 Å². The quantitative estimate of drug-likeness (QED) is 0.669. The van der Waals surface area contributed by atoms with Crippen molar-refractivity contribution in [3.8, 4) is 5.75 Å². The second-order valence-electron chi connectivity index (χ2n) is 6.25. The van der Waals surface area contributed by atoms with Crippen molar-refractivity contribution in [2.24, 2.45) is 0 Å². The number of nitrogens with zero attached hydrogens (tertiary/aromatic N) is 1. The van der Waals surface area contributed by atoms with Crippen LogP contribution in [-0.2, 0) is 0 Å². The minimum absolute atomic E-state index is 0.222. The van der Waals surface area contributed by atoms with Crippen LogP contribution in [0.25, 0.3) is 0 Å². The van der Waals surface area contributed by atoms with Gasteiger partial charge in [0, 0.05) is 19.1 Å². The standard InChI is InChI=1S/C18H29N3O3/c1-14-7-5-9-16(24-2)17(14)20-18(23)19-10-6-12-21-11-4-3-8-15(21)13-22/h5,7,9,15,22H,3-4,6,8,10-13H2,1-2H3,(H2,19,20,23)/t15-/m1/s1. The van der Waals surface area contributed by atoms with Crippen LogP contribution in [0.5, 0.6) is 5.75 Å².